The Kier molecular flexibility index (Phi) is 6.64. The first kappa shape index (κ1) is 26.5. The number of hydrogen-bond donors (Lipinski definition) is 1. The molecule has 1 fully saturated rings. The van der Waals surface area contributed by atoms with Gasteiger partial charge in [0.15, 0.2) is 9.84 Å². The number of benzene rings is 2. The van der Waals surface area contributed by atoms with E-state index in [1.807, 2.05) is 0 Å². The van der Waals surface area contributed by atoms with Crippen molar-refractivity contribution in [2.45, 2.75) is 59.6 Å². The van der Waals surface area contributed by atoms with E-state index < -0.39 is 64.9 Å². The summed E-state index contributed by atoms with van der Waals surface area (Å²) in [6, 6.07) is 5.68. The molecule has 1 saturated carbocycles. The summed E-state index contributed by atoms with van der Waals surface area (Å²) < 4.78 is 129. The quantitative estimate of drug-likeness (QED) is 0.533. The minimum atomic E-state index is -4.71. The van der Waals surface area contributed by atoms with Crippen molar-refractivity contribution in [1.82, 2.24) is 4.72 Å². The second-order valence-corrected chi connectivity index (χ2v) is 12.9. The molecule has 1 aliphatic carbocycles. The summed E-state index contributed by atoms with van der Waals surface area (Å²) in [6.45, 7) is 2.74. The van der Waals surface area contributed by atoms with Gasteiger partial charge in [0.1, 0.15) is 0 Å². The predicted octanol–water partition coefficient (Wildman–Crippen LogP) is 5.03. The van der Waals surface area contributed by atoms with Crippen LogP contribution in [0.5, 0.6) is 0 Å². The molecule has 188 valence electrons. The number of alkyl halides is 6. The molecule has 0 saturated heterocycles. The smallest absolute Gasteiger partial charge is 0.223 e. The van der Waals surface area contributed by atoms with E-state index in [1.54, 1.807) is 0 Å². The van der Waals surface area contributed by atoms with E-state index in [4.69, 9.17) is 0 Å². The van der Waals surface area contributed by atoms with Gasteiger partial charge in [-0.25, -0.2) is 21.6 Å². The van der Waals surface area contributed by atoms with Crippen LogP contribution in [0.4, 0.5) is 26.3 Å². The molecule has 5 nitrogen and oxygen atoms in total. The van der Waals surface area contributed by atoms with Crippen LogP contribution in [-0.4, -0.2) is 27.6 Å². The van der Waals surface area contributed by atoms with Gasteiger partial charge >= 0.3 is 12.4 Å². The highest BCUT2D eigenvalue weighted by Gasteiger charge is 2.49. The molecule has 0 atom stereocenters. The summed E-state index contributed by atoms with van der Waals surface area (Å²) in [5.41, 5.74) is -2.10. The van der Waals surface area contributed by atoms with Gasteiger partial charge in [-0.3, -0.25) is 0 Å². The molecule has 2 aromatic rings. The fourth-order valence-electron chi connectivity index (χ4n) is 3.75. The normalized spacial score (nSPS) is 20.1. The van der Waals surface area contributed by atoms with Crippen LogP contribution in [-0.2, 0) is 32.2 Å². The Labute approximate surface area is 193 Å². The standard InChI is InChI=1S/C21H21F6NO4S2/c1-19(2,33(29,30)18-5-3-4-14(12-18)21(25,26)27)15-10-16(11-15)28-34(31,32)17-8-6-13(7-9-17)20(22,23)24/h3-9,12,15-16,28H,10-11H2,1-2H3. The lowest BCUT2D eigenvalue weighted by Crippen LogP contribution is -2.53. The fourth-order valence-corrected chi connectivity index (χ4v) is 6.80. The molecular weight excluding hydrogens is 508 g/mol. The van der Waals surface area contributed by atoms with Crippen molar-refractivity contribution in [2.24, 2.45) is 5.92 Å². The lowest BCUT2D eigenvalue weighted by atomic mass is 9.73. The molecule has 0 bridgehead atoms. The summed E-state index contributed by atoms with van der Waals surface area (Å²) in [4.78, 5) is -0.860. The molecule has 3 rings (SSSR count). The number of nitrogens with one attached hydrogen (secondary N) is 1. The number of hydrogen-bond acceptors (Lipinski definition) is 4. The van der Waals surface area contributed by atoms with E-state index in [9.17, 15) is 43.2 Å². The molecule has 0 aromatic heterocycles. The Hall–Kier alpha value is -2.12. The minimum absolute atomic E-state index is 0.0883. The molecule has 1 N–H and O–H groups in total. The molecule has 13 heteroatoms. The van der Waals surface area contributed by atoms with Gasteiger partial charge in [0.2, 0.25) is 10.0 Å². The van der Waals surface area contributed by atoms with Crippen LogP contribution in [0.15, 0.2) is 58.3 Å². The molecule has 0 spiro atoms. The van der Waals surface area contributed by atoms with E-state index in [-0.39, 0.29) is 17.7 Å². The van der Waals surface area contributed by atoms with Gasteiger partial charge in [0, 0.05) is 6.04 Å². The maximum Gasteiger partial charge on any atom is 0.416 e. The van der Waals surface area contributed by atoms with Gasteiger partial charge in [-0.05, 0) is 75.1 Å². The molecule has 0 amide bonds. The fraction of sp³-hybridized carbons (Fsp3) is 0.429. The summed E-state index contributed by atoms with van der Waals surface area (Å²) in [6.07, 6.45) is -9.16. The Morgan fingerprint density at radius 3 is 1.79 bits per heavy atom. The Balaban J connectivity index is 1.72. The number of halogens is 6. The van der Waals surface area contributed by atoms with Crippen molar-refractivity contribution in [1.29, 1.82) is 0 Å². The van der Waals surface area contributed by atoms with Crippen LogP contribution < -0.4 is 4.72 Å². The summed E-state index contributed by atoms with van der Waals surface area (Å²) >= 11 is 0. The molecule has 0 unspecified atom stereocenters. The van der Waals surface area contributed by atoms with Crippen LogP contribution >= 0.6 is 0 Å². The van der Waals surface area contributed by atoms with Gasteiger partial charge < -0.3 is 0 Å². The Morgan fingerprint density at radius 1 is 0.765 bits per heavy atom. The van der Waals surface area contributed by atoms with E-state index in [0.29, 0.717) is 18.2 Å². The van der Waals surface area contributed by atoms with Crippen molar-refractivity contribution in [3.05, 3.63) is 59.7 Å². The topological polar surface area (TPSA) is 80.3 Å². The third-order valence-corrected chi connectivity index (χ3v) is 10.2. The monoisotopic (exact) mass is 529 g/mol. The van der Waals surface area contributed by atoms with Crippen molar-refractivity contribution < 1.29 is 43.2 Å². The van der Waals surface area contributed by atoms with Gasteiger partial charge in [-0.15, -0.1) is 0 Å². The summed E-state index contributed by atoms with van der Waals surface area (Å²) in [5.74, 6) is -0.563. The lowest BCUT2D eigenvalue weighted by Gasteiger charge is -2.44. The third kappa shape index (κ3) is 5.10. The van der Waals surface area contributed by atoms with Gasteiger partial charge in [0.25, 0.3) is 0 Å². The van der Waals surface area contributed by atoms with Crippen molar-refractivity contribution in [3.63, 3.8) is 0 Å². The second-order valence-electron chi connectivity index (χ2n) is 8.64. The van der Waals surface area contributed by atoms with E-state index >= 15 is 0 Å². The summed E-state index contributed by atoms with van der Waals surface area (Å²) in [7, 11) is -8.36. The van der Waals surface area contributed by atoms with E-state index in [2.05, 4.69) is 4.72 Å². The predicted molar refractivity (Wildman–Crippen MR) is 111 cm³/mol. The molecule has 0 heterocycles. The van der Waals surface area contributed by atoms with Crippen LogP contribution in [0.25, 0.3) is 0 Å². The highest BCUT2D eigenvalue weighted by atomic mass is 32.2. The highest BCUT2D eigenvalue weighted by molar-refractivity contribution is 7.92. The Morgan fingerprint density at radius 2 is 1.29 bits per heavy atom. The molecule has 0 radical (unpaired) electrons. The van der Waals surface area contributed by atoms with Crippen molar-refractivity contribution in [2.75, 3.05) is 0 Å². The zero-order valence-corrected chi connectivity index (χ0v) is 19.5. The zero-order chi connectivity index (χ0) is 25.7. The molecule has 2 aromatic carbocycles. The SMILES string of the molecule is CC(C)(C1CC(NS(=O)(=O)c2ccc(C(F)(F)F)cc2)C1)S(=O)(=O)c1cccc(C(F)(F)F)c1. The number of sulfonamides is 1. The Bertz CT molecular complexity index is 1260. The first-order valence-corrected chi connectivity index (χ1v) is 12.9. The van der Waals surface area contributed by atoms with Gasteiger partial charge in [-0.1, -0.05) is 6.07 Å². The number of rotatable bonds is 6. The summed E-state index contributed by atoms with van der Waals surface area (Å²) in [5, 5.41) is 0. The van der Waals surface area contributed by atoms with Gasteiger partial charge in [-0.2, -0.15) is 26.3 Å². The van der Waals surface area contributed by atoms with Crippen LogP contribution in [0, 0.1) is 5.92 Å². The van der Waals surface area contributed by atoms with Crippen LogP contribution in [0.2, 0.25) is 0 Å². The maximum absolute atomic E-state index is 13.1. The second kappa shape index (κ2) is 8.52. The van der Waals surface area contributed by atoms with Crippen LogP contribution in [0.3, 0.4) is 0 Å². The average molecular weight is 530 g/mol. The maximum atomic E-state index is 13.1. The first-order chi connectivity index (χ1) is 15.4. The zero-order valence-electron chi connectivity index (χ0n) is 17.9. The minimum Gasteiger partial charge on any atom is -0.223 e. The van der Waals surface area contributed by atoms with E-state index in [0.717, 1.165) is 30.3 Å². The largest absolute Gasteiger partial charge is 0.416 e. The first-order valence-electron chi connectivity index (χ1n) is 9.97. The van der Waals surface area contributed by atoms with Crippen molar-refractivity contribution in [3.8, 4) is 0 Å². The highest BCUT2D eigenvalue weighted by Crippen LogP contribution is 2.44. The molecular formula is C21H21F6NO4S2. The molecule has 1 aliphatic rings. The van der Waals surface area contributed by atoms with Gasteiger partial charge in [0.05, 0.1) is 25.7 Å². The molecule has 0 aliphatic heterocycles. The molecule has 34 heavy (non-hydrogen) atoms. The average Bonchev–Trinajstić information content (AvgIpc) is 2.69. The third-order valence-electron chi connectivity index (χ3n) is 6.10. The lowest BCUT2D eigenvalue weighted by molar-refractivity contribution is -0.138. The van der Waals surface area contributed by atoms with Crippen LogP contribution in [0.1, 0.15) is 37.8 Å². The van der Waals surface area contributed by atoms with Crippen molar-refractivity contribution >= 4 is 19.9 Å². The number of sulfone groups is 1. The van der Waals surface area contributed by atoms with E-state index in [1.165, 1.54) is 13.8 Å².